The highest BCUT2D eigenvalue weighted by atomic mass is 16.4. The molecule has 4 N–H and O–H groups in total. The molecule has 1 aliphatic rings. The predicted octanol–water partition coefficient (Wildman–Crippen LogP) is -0.117. The van der Waals surface area contributed by atoms with Gasteiger partial charge in [0.05, 0.1) is 6.42 Å². The van der Waals surface area contributed by atoms with Crippen molar-refractivity contribution in [2.45, 2.75) is 31.7 Å². The number of hydrogen-bond donors (Lipinski definition) is 3. The first-order valence-corrected chi connectivity index (χ1v) is 5.92. The molecule has 2 atom stereocenters. The summed E-state index contributed by atoms with van der Waals surface area (Å²) in [5.41, 5.74) is 5.94. The van der Waals surface area contributed by atoms with Crippen LogP contribution in [-0.2, 0) is 4.79 Å². The summed E-state index contributed by atoms with van der Waals surface area (Å²) in [6, 6.07) is 0.145. The Morgan fingerprint density at radius 3 is 2.81 bits per heavy atom. The molecule has 0 aliphatic carbocycles. The summed E-state index contributed by atoms with van der Waals surface area (Å²) >= 11 is 0. The molecule has 1 fully saturated rings. The summed E-state index contributed by atoms with van der Waals surface area (Å²) < 4.78 is 0. The van der Waals surface area contributed by atoms with Crippen LogP contribution in [0.15, 0.2) is 0 Å². The molecule has 0 spiro atoms. The fourth-order valence-electron chi connectivity index (χ4n) is 2.37. The number of likely N-dealkylation sites (tertiary alicyclic amines) is 1. The van der Waals surface area contributed by atoms with Gasteiger partial charge in [0.1, 0.15) is 0 Å². The molecule has 5 heteroatoms. The Balaban J connectivity index is 2.32. The highest BCUT2D eigenvalue weighted by Crippen LogP contribution is 2.20. The molecule has 0 saturated carbocycles. The van der Waals surface area contributed by atoms with E-state index in [9.17, 15) is 4.79 Å². The van der Waals surface area contributed by atoms with Crippen LogP contribution in [0, 0.1) is 5.92 Å². The molecule has 1 saturated heterocycles. The van der Waals surface area contributed by atoms with Gasteiger partial charge in [-0.05, 0) is 25.2 Å². The standard InChI is InChI=1S/C11H22N2O3/c12-10-6-9(2-1-5-14)7-13(8-10)4-3-11(15)16/h9-10,14H,1-8,12H2,(H,15,16). The molecule has 5 nitrogen and oxygen atoms in total. The lowest BCUT2D eigenvalue weighted by Gasteiger charge is -2.36. The van der Waals surface area contributed by atoms with Gasteiger partial charge in [-0.2, -0.15) is 0 Å². The Hall–Kier alpha value is -0.650. The molecule has 1 aliphatic heterocycles. The fraction of sp³-hybridized carbons (Fsp3) is 0.909. The normalized spacial score (nSPS) is 26.9. The van der Waals surface area contributed by atoms with E-state index in [1.807, 2.05) is 0 Å². The van der Waals surface area contributed by atoms with E-state index in [1.165, 1.54) is 0 Å². The van der Waals surface area contributed by atoms with E-state index in [0.717, 1.165) is 32.4 Å². The third-order valence-electron chi connectivity index (χ3n) is 3.06. The van der Waals surface area contributed by atoms with Crippen LogP contribution in [0.2, 0.25) is 0 Å². The van der Waals surface area contributed by atoms with Crippen molar-refractivity contribution < 1.29 is 15.0 Å². The molecule has 0 amide bonds. The van der Waals surface area contributed by atoms with Crippen molar-refractivity contribution in [2.75, 3.05) is 26.2 Å². The van der Waals surface area contributed by atoms with Crippen molar-refractivity contribution in [1.82, 2.24) is 4.90 Å². The first kappa shape index (κ1) is 13.4. The number of nitrogens with zero attached hydrogens (tertiary/aromatic N) is 1. The number of rotatable bonds is 6. The smallest absolute Gasteiger partial charge is 0.304 e. The van der Waals surface area contributed by atoms with Crippen LogP contribution in [0.25, 0.3) is 0 Å². The van der Waals surface area contributed by atoms with E-state index in [2.05, 4.69) is 4.90 Å². The zero-order chi connectivity index (χ0) is 12.0. The molecular weight excluding hydrogens is 208 g/mol. The van der Waals surface area contributed by atoms with Gasteiger partial charge in [0.25, 0.3) is 0 Å². The van der Waals surface area contributed by atoms with E-state index in [1.54, 1.807) is 0 Å². The zero-order valence-corrected chi connectivity index (χ0v) is 9.64. The maximum atomic E-state index is 10.5. The number of hydrogen-bond acceptors (Lipinski definition) is 4. The van der Waals surface area contributed by atoms with Crippen LogP contribution in [-0.4, -0.2) is 53.4 Å². The summed E-state index contributed by atoms with van der Waals surface area (Å²) in [5, 5.41) is 17.4. The molecule has 0 radical (unpaired) electrons. The van der Waals surface area contributed by atoms with Crippen molar-refractivity contribution in [2.24, 2.45) is 11.7 Å². The highest BCUT2D eigenvalue weighted by Gasteiger charge is 2.24. The minimum atomic E-state index is -0.758. The lowest BCUT2D eigenvalue weighted by atomic mass is 9.91. The van der Waals surface area contributed by atoms with Crippen LogP contribution in [0.3, 0.4) is 0 Å². The third kappa shape index (κ3) is 4.92. The van der Waals surface area contributed by atoms with E-state index in [-0.39, 0.29) is 19.1 Å². The Morgan fingerprint density at radius 1 is 1.44 bits per heavy atom. The van der Waals surface area contributed by atoms with Gasteiger partial charge in [-0.3, -0.25) is 4.79 Å². The number of aliphatic hydroxyl groups is 1. The number of carbonyl (C=O) groups is 1. The SMILES string of the molecule is NC1CC(CCCO)CN(CCC(=O)O)C1. The largest absolute Gasteiger partial charge is 0.481 e. The average molecular weight is 230 g/mol. The van der Waals surface area contributed by atoms with Crippen LogP contribution in [0.1, 0.15) is 25.7 Å². The Morgan fingerprint density at radius 2 is 2.19 bits per heavy atom. The molecular formula is C11H22N2O3. The topological polar surface area (TPSA) is 86.8 Å². The molecule has 0 bridgehead atoms. The predicted molar refractivity (Wildman–Crippen MR) is 61.1 cm³/mol. The minimum Gasteiger partial charge on any atom is -0.481 e. The van der Waals surface area contributed by atoms with E-state index < -0.39 is 5.97 Å². The quantitative estimate of drug-likeness (QED) is 0.592. The maximum absolute atomic E-state index is 10.5. The highest BCUT2D eigenvalue weighted by molar-refractivity contribution is 5.66. The van der Waals surface area contributed by atoms with Crippen LogP contribution in [0.5, 0.6) is 0 Å². The molecule has 0 aromatic carbocycles. The third-order valence-corrected chi connectivity index (χ3v) is 3.06. The monoisotopic (exact) mass is 230 g/mol. The van der Waals surface area contributed by atoms with Gasteiger partial charge in [-0.15, -0.1) is 0 Å². The first-order valence-electron chi connectivity index (χ1n) is 5.92. The number of nitrogens with two attached hydrogens (primary N) is 1. The lowest BCUT2D eigenvalue weighted by Crippen LogP contribution is -2.47. The Kier molecular flexibility index (Phi) is 5.73. The second-order valence-corrected chi connectivity index (χ2v) is 4.63. The van der Waals surface area contributed by atoms with Gasteiger partial charge in [0, 0.05) is 32.3 Å². The fourth-order valence-corrected chi connectivity index (χ4v) is 2.37. The first-order chi connectivity index (χ1) is 7.61. The molecule has 2 unspecified atom stereocenters. The summed E-state index contributed by atoms with van der Waals surface area (Å²) in [6.45, 7) is 2.52. The van der Waals surface area contributed by atoms with Crippen LogP contribution >= 0.6 is 0 Å². The van der Waals surface area contributed by atoms with Crippen molar-refractivity contribution >= 4 is 5.97 Å². The second kappa shape index (κ2) is 6.83. The van der Waals surface area contributed by atoms with Crippen molar-refractivity contribution in [3.8, 4) is 0 Å². The number of piperidine rings is 1. The van der Waals surface area contributed by atoms with Gasteiger partial charge < -0.3 is 20.8 Å². The zero-order valence-electron chi connectivity index (χ0n) is 9.64. The summed E-state index contributed by atoms with van der Waals surface area (Å²) in [6.07, 6.45) is 2.96. The minimum absolute atomic E-state index is 0.145. The van der Waals surface area contributed by atoms with Crippen molar-refractivity contribution in [3.05, 3.63) is 0 Å². The van der Waals surface area contributed by atoms with Crippen LogP contribution in [0.4, 0.5) is 0 Å². The van der Waals surface area contributed by atoms with E-state index in [0.29, 0.717) is 12.5 Å². The lowest BCUT2D eigenvalue weighted by molar-refractivity contribution is -0.137. The summed E-state index contributed by atoms with van der Waals surface area (Å²) in [5.74, 6) is -0.254. The van der Waals surface area contributed by atoms with E-state index >= 15 is 0 Å². The molecule has 16 heavy (non-hydrogen) atoms. The molecule has 0 aromatic rings. The van der Waals surface area contributed by atoms with Gasteiger partial charge in [0.2, 0.25) is 0 Å². The van der Waals surface area contributed by atoms with Gasteiger partial charge in [-0.1, -0.05) is 0 Å². The van der Waals surface area contributed by atoms with Crippen molar-refractivity contribution in [3.63, 3.8) is 0 Å². The van der Waals surface area contributed by atoms with Gasteiger partial charge in [-0.25, -0.2) is 0 Å². The summed E-state index contributed by atoms with van der Waals surface area (Å²) in [4.78, 5) is 12.6. The number of carboxylic acids is 1. The van der Waals surface area contributed by atoms with Crippen molar-refractivity contribution in [1.29, 1.82) is 0 Å². The van der Waals surface area contributed by atoms with Gasteiger partial charge in [0.15, 0.2) is 0 Å². The summed E-state index contributed by atoms with van der Waals surface area (Å²) in [7, 11) is 0. The van der Waals surface area contributed by atoms with Crippen LogP contribution < -0.4 is 5.73 Å². The second-order valence-electron chi connectivity index (χ2n) is 4.63. The Bertz CT molecular complexity index is 223. The average Bonchev–Trinajstić information content (AvgIpc) is 2.23. The molecule has 1 heterocycles. The molecule has 94 valence electrons. The maximum Gasteiger partial charge on any atom is 0.304 e. The Labute approximate surface area is 96.2 Å². The van der Waals surface area contributed by atoms with E-state index in [4.69, 9.17) is 15.9 Å². The number of carboxylic acid groups (broad SMARTS) is 1. The van der Waals surface area contributed by atoms with Gasteiger partial charge >= 0.3 is 5.97 Å². The number of aliphatic hydroxyl groups excluding tert-OH is 1. The number of aliphatic carboxylic acids is 1. The molecule has 0 aromatic heterocycles. The molecule has 1 rings (SSSR count).